The van der Waals surface area contributed by atoms with E-state index < -0.39 is 5.54 Å². The fourth-order valence-corrected chi connectivity index (χ4v) is 1.37. The van der Waals surface area contributed by atoms with Gasteiger partial charge in [0.25, 0.3) is 0 Å². The summed E-state index contributed by atoms with van der Waals surface area (Å²) >= 11 is 0. The van der Waals surface area contributed by atoms with Crippen LogP contribution in [-0.2, 0) is 18.4 Å². The summed E-state index contributed by atoms with van der Waals surface area (Å²) in [6.07, 6.45) is 2.83. The van der Waals surface area contributed by atoms with Crippen LogP contribution in [0.15, 0.2) is 6.33 Å². The first-order chi connectivity index (χ1) is 7.51. The zero-order valence-electron chi connectivity index (χ0n) is 10.0. The number of carbonyl (C=O) groups is 1. The Bertz CT molecular complexity index is 356. The molecule has 0 radical (unpaired) electrons. The monoisotopic (exact) mass is 225 g/mol. The summed E-state index contributed by atoms with van der Waals surface area (Å²) in [5, 5.41) is 6.82. The van der Waals surface area contributed by atoms with Gasteiger partial charge in [-0.1, -0.05) is 13.8 Å². The molecule has 0 aromatic carbocycles. The lowest BCUT2D eigenvalue weighted by atomic mass is 9.93. The molecule has 16 heavy (non-hydrogen) atoms. The molecule has 0 fully saturated rings. The average molecular weight is 225 g/mol. The van der Waals surface area contributed by atoms with Crippen molar-refractivity contribution in [3.8, 4) is 0 Å². The SMILES string of the molecule is CCC(N)(CC)C(=O)NCc1ncn(C)n1. The zero-order valence-corrected chi connectivity index (χ0v) is 10.0. The second kappa shape index (κ2) is 5.07. The normalized spacial score (nSPS) is 11.5. The molecule has 0 unspecified atom stereocenters. The molecule has 1 aromatic heterocycles. The first-order valence-corrected chi connectivity index (χ1v) is 5.43. The Labute approximate surface area is 95.2 Å². The predicted octanol–water partition coefficient (Wildman–Crippen LogP) is -0.0512. The lowest BCUT2D eigenvalue weighted by Crippen LogP contribution is -2.52. The Kier molecular flexibility index (Phi) is 4.00. The van der Waals surface area contributed by atoms with Crippen molar-refractivity contribution in [2.24, 2.45) is 12.8 Å². The van der Waals surface area contributed by atoms with E-state index in [1.807, 2.05) is 13.8 Å². The topological polar surface area (TPSA) is 85.8 Å². The average Bonchev–Trinajstić information content (AvgIpc) is 2.70. The number of nitrogens with two attached hydrogens (primary N) is 1. The van der Waals surface area contributed by atoms with Crippen LogP contribution in [0.3, 0.4) is 0 Å². The van der Waals surface area contributed by atoms with Crippen molar-refractivity contribution in [2.45, 2.75) is 38.8 Å². The van der Waals surface area contributed by atoms with Crippen LogP contribution in [0.4, 0.5) is 0 Å². The predicted molar refractivity (Wildman–Crippen MR) is 60.4 cm³/mol. The number of aromatic nitrogens is 3. The molecular formula is C10H19N5O. The summed E-state index contributed by atoms with van der Waals surface area (Å²) in [5.41, 5.74) is 5.17. The maximum atomic E-state index is 11.8. The van der Waals surface area contributed by atoms with E-state index >= 15 is 0 Å². The largest absolute Gasteiger partial charge is 0.347 e. The molecular weight excluding hydrogens is 206 g/mol. The fourth-order valence-electron chi connectivity index (χ4n) is 1.37. The third kappa shape index (κ3) is 2.79. The maximum Gasteiger partial charge on any atom is 0.240 e. The number of aryl methyl sites for hydroxylation is 1. The van der Waals surface area contributed by atoms with Crippen LogP contribution in [0.25, 0.3) is 0 Å². The summed E-state index contributed by atoms with van der Waals surface area (Å²) in [6, 6.07) is 0. The van der Waals surface area contributed by atoms with Crippen molar-refractivity contribution in [1.29, 1.82) is 0 Å². The van der Waals surface area contributed by atoms with Gasteiger partial charge in [0.05, 0.1) is 12.1 Å². The van der Waals surface area contributed by atoms with Gasteiger partial charge in [-0.05, 0) is 12.8 Å². The van der Waals surface area contributed by atoms with Crippen LogP contribution < -0.4 is 11.1 Å². The first-order valence-electron chi connectivity index (χ1n) is 5.43. The van der Waals surface area contributed by atoms with E-state index in [0.29, 0.717) is 25.2 Å². The van der Waals surface area contributed by atoms with Gasteiger partial charge in [0.2, 0.25) is 5.91 Å². The third-order valence-corrected chi connectivity index (χ3v) is 2.77. The van der Waals surface area contributed by atoms with Gasteiger partial charge in [-0.25, -0.2) is 4.98 Å². The van der Waals surface area contributed by atoms with E-state index in [-0.39, 0.29) is 5.91 Å². The van der Waals surface area contributed by atoms with Crippen LogP contribution in [-0.4, -0.2) is 26.2 Å². The van der Waals surface area contributed by atoms with E-state index in [1.54, 1.807) is 18.1 Å². The molecule has 1 amide bonds. The molecule has 0 bridgehead atoms. The summed E-state index contributed by atoms with van der Waals surface area (Å²) in [6.45, 7) is 4.13. The minimum absolute atomic E-state index is 0.148. The van der Waals surface area contributed by atoms with E-state index in [1.165, 1.54) is 0 Å². The van der Waals surface area contributed by atoms with Crippen LogP contribution in [0.5, 0.6) is 0 Å². The molecule has 0 spiro atoms. The highest BCUT2D eigenvalue weighted by atomic mass is 16.2. The molecule has 0 aliphatic rings. The van der Waals surface area contributed by atoms with Gasteiger partial charge in [-0.15, -0.1) is 0 Å². The lowest BCUT2D eigenvalue weighted by molar-refractivity contribution is -0.126. The Hall–Kier alpha value is -1.43. The maximum absolute atomic E-state index is 11.8. The second-order valence-electron chi connectivity index (χ2n) is 3.88. The van der Waals surface area contributed by atoms with Crippen LogP contribution in [0.1, 0.15) is 32.5 Å². The van der Waals surface area contributed by atoms with E-state index in [0.717, 1.165) is 0 Å². The smallest absolute Gasteiger partial charge is 0.240 e. The first kappa shape index (κ1) is 12.6. The number of carbonyl (C=O) groups excluding carboxylic acids is 1. The number of hydrogen-bond donors (Lipinski definition) is 2. The summed E-state index contributed by atoms with van der Waals surface area (Å²) < 4.78 is 1.59. The molecule has 0 aliphatic heterocycles. The van der Waals surface area contributed by atoms with Crippen molar-refractivity contribution < 1.29 is 4.79 Å². The number of amides is 1. The van der Waals surface area contributed by atoms with Crippen LogP contribution in [0, 0.1) is 0 Å². The Balaban J connectivity index is 2.52. The van der Waals surface area contributed by atoms with Crippen molar-refractivity contribution in [3.63, 3.8) is 0 Å². The summed E-state index contributed by atoms with van der Waals surface area (Å²) in [4.78, 5) is 15.8. The van der Waals surface area contributed by atoms with Crippen molar-refractivity contribution in [1.82, 2.24) is 20.1 Å². The third-order valence-electron chi connectivity index (χ3n) is 2.77. The number of nitrogens with zero attached hydrogens (tertiary/aromatic N) is 3. The highest BCUT2D eigenvalue weighted by molar-refractivity contribution is 5.85. The Morgan fingerprint density at radius 2 is 2.19 bits per heavy atom. The Morgan fingerprint density at radius 3 is 2.62 bits per heavy atom. The number of rotatable bonds is 5. The molecule has 3 N–H and O–H groups in total. The van der Waals surface area contributed by atoms with Gasteiger partial charge in [0.15, 0.2) is 5.82 Å². The molecule has 0 aliphatic carbocycles. The standard InChI is InChI=1S/C10H19N5O/c1-4-10(11,5-2)9(16)12-6-8-13-7-15(3)14-8/h7H,4-6,11H2,1-3H3,(H,12,16). The summed E-state index contributed by atoms with van der Waals surface area (Å²) in [5.74, 6) is 0.440. The van der Waals surface area contributed by atoms with Crippen LogP contribution in [0.2, 0.25) is 0 Å². The molecule has 0 saturated heterocycles. The molecule has 1 heterocycles. The molecule has 6 heteroatoms. The van der Waals surface area contributed by atoms with Crippen LogP contribution >= 0.6 is 0 Å². The van der Waals surface area contributed by atoms with Gasteiger partial charge in [0, 0.05) is 7.05 Å². The minimum Gasteiger partial charge on any atom is -0.347 e. The number of nitrogens with one attached hydrogen (secondary N) is 1. The van der Waals surface area contributed by atoms with Gasteiger partial charge in [-0.3, -0.25) is 9.48 Å². The highest BCUT2D eigenvalue weighted by Crippen LogP contribution is 2.11. The van der Waals surface area contributed by atoms with Crippen molar-refractivity contribution >= 4 is 5.91 Å². The molecule has 0 atom stereocenters. The van der Waals surface area contributed by atoms with E-state index in [4.69, 9.17) is 5.73 Å². The van der Waals surface area contributed by atoms with Gasteiger partial charge >= 0.3 is 0 Å². The molecule has 90 valence electrons. The second-order valence-corrected chi connectivity index (χ2v) is 3.88. The lowest BCUT2D eigenvalue weighted by Gasteiger charge is -2.24. The quantitative estimate of drug-likeness (QED) is 0.735. The van der Waals surface area contributed by atoms with E-state index in [2.05, 4.69) is 15.4 Å². The fraction of sp³-hybridized carbons (Fsp3) is 0.700. The van der Waals surface area contributed by atoms with Gasteiger partial charge < -0.3 is 11.1 Å². The van der Waals surface area contributed by atoms with Gasteiger partial charge in [-0.2, -0.15) is 5.10 Å². The molecule has 0 saturated carbocycles. The zero-order chi connectivity index (χ0) is 12.2. The van der Waals surface area contributed by atoms with Crippen molar-refractivity contribution in [3.05, 3.63) is 12.2 Å². The highest BCUT2D eigenvalue weighted by Gasteiger charge is 2.29. The summed E-state index contributed by atoms with van der Waals surface area (Å²) in [7, 11) is 1.78. The molecule has 1 rings (SSSR count). The molecule has 6 nitrogen and oxygen atoms in total. The minimum atomic E-state index is -0.783. The van der Waals surface area contributed by atoms with Gasteiger partial charge in [0.1, 0.15) is 6.33 Å². The Morgan fingerprint density at radius 1 is 1.56 bits per heavy atom. The molecule has 1 aromatic rings. The van der Waals surface area contributed by atoms with Crippen molar-refractivity contribution in [2.75, 3.05) is 0 Å². The van der Waals surface area contributed by atoms with E-state index in [9.17, 15) is 4.79 Å². The number of hydrogen-bond acceptors (Lipinski definition) is 4.